The minimum Gasteiger partial charge on any atom is -0.343 e. The summed E-state index contributed by atoms with van der Waals surface area (Å²) < 4.78 is 0. The molecule has 0 saturated heterocycles. The van der Waals surface area contributed by atoms with Gasteiger partial charge in [0.2, 0.25) is 5.91 Å². The topological polar surface area (TPSA) is 44.1 Å². The Morgan fingerprint density at radius 1 is 1.17 bits per heavy atom. The molecule has 0 aromatic carbocycles. The van der Waals surface area contributed by atoms with Crippen LogP contribution >= 0.6 is 0 Å². The summed E-state index contributed by atoms with van der Waals surface area (Å²) >= 11 is 0. The largest absolute Gasteiger partial charge is 0.343 e. The zero-order valence-electron chi connectivity index (χ0n) is 11.4. The van der Waals surface area contributed by atoms with Crippen molar-refractivity contribution in [2.45, 2.75) is 63.8 Å². The van der Waals surface area contributed by atoms with Crippen molar-refractivity contribution >= 4 is 5.91 Å². The van der Waals surface area contributed by atoms with E-state index in [0.29, 0.717) is 30.2 Å². The minimum atomic E-state index is 0.337. The van der Waals surface area contributed by atoms with Crippen LogP contribution in [-0.2, 0) is 4.79 Å². The number of nitrogens with zero attached hydrogens (tertiary/aromatic N) is 2. The number of hydrogen-bond donors (Lipinski definition) is 0. The van der Waals surface area contributed by atoms with E-state index >= 15 is 0 Å². The fourth-order valence-electron chi connectivity index (χ4n) is 3.16. The highest BCUT2D eigenvalue weighted by Crippen LogP contribution is 2.32. The highest BCUT2D eigenvalue weighted by molar-refractivity contribution is 5.76. The Balaban J connectivity index is 1.74. The van der Waals surface area contributed by atoms with E-state index in [-0.39, 0.29) is 0 Å². The SMILES string of the molecule is CN(C(=O)CC1CCC1)C1CCC(CC#N)CC1. The Morgan fingerprint density at radius 2 is 1.83 bits per heavy atom. The van der Waals surface area contributed by atoms with Crippen molar-refractivity contribution in [1.29, 1.82) is 5.26 Å². The Kier molecular flexibility index (Phi) is 4.63. The molecular formula is C15H24N2O. The molecule has 100 valence electrons. The van der Waals surface area contributed by atoms with E-state index in [2.05, 4.69) is 6.07 Å². The van der Waals surface area contributed by atoms with Gasteiger partial charge in [0.15, 0.2) is 0 Å². The Hall–Kier alpha value is -1.04. The molecule has 0 heterocycles. The van der Waals surface area contributed by atoms with Crippen LogP contribution in [0, 0.1) is 23.2 Å². The molecule has 0 spiro atoms. The predicted octanol–water partition coefficient (Wildman–Crippen LogP) is 3.11. The van der Waals surface area contributed by atoms with Gasteiger partial charge in [0.25, 0.3) is 0 Å². The highest BCUT2D eigenvalue weighted by Gasteiger charge is 2.28. The van der Waals surface area contributed by atoms with Gasteiger partial charge in [-0.1, -0.05) is 6.42 Å². The summed E-state index contributed by atoms with van der Waals surface area (Å²) in [5.74, 6) is 1.57. The van der Waals surface area contributed by atoms with Crippen molar-refractivity contribution in [3.8, 4) is 6.07 Å². The van der Waals surface area contributed by atoms with Gasteiger partial charge >= 0.3 is 0 Å². The van der Waals surface area contributed by atoms with E-state index in [1.165, 1.54) is 19.3 Å². The Bertz CT molecular complexity index is 322. The van der Waals surface area contributed by atoms with Crippen LogP contribution in [0.25, 0.3) is 0 Å². The molecule has 0 atom stereocenters. The van der Waals surface area contributed by atoms with Crippen LogP contribution in [0.2, 0.25) is 0 Å². The second kappa shape index (κ2) is 6.22. The van der Waals surface area contributed by atoms with Crippen LogP contribution in [0.15, 0.2) is 0 Å². The van der Waals surface area contributed by atoms with Crippen LogP contribution in [0.1, 0.15) is 57.8 Å². The third-order valence-electron chi connectivity index (χ3n) is 4.83. The third-order valence-corrected chi connectivity index (χ3v) is 4.83. The number of hydrogen-bond acceptors (Lipinski definition) is 2. The molecule has 0 N–H and O–H groups in total. The monoisotopic (exact) mass is 248 g/mol. The zero-order valence-corrected chi connectivity index (χ0v) is 11.4. The van der Waals surface area contributed by atoms with E-state index in [1.54, 1.807) is 0 Å². The molecule has 0 aromatic heterocycles. The fourth-order valence-corrected chi connectivity index (χ4v) is 3.16. The lowest BCUT2D eigenvalue weighted by Crippen LogP contribution is -2.40. The van der Waals surface area contributed by atoms with Gasteiger partial charge in [-0.25, -0.2) is 0 Å². The van der Waals surface area contributed by atoms with E-state index in [0.717, 1.165) is 32.1 Å². The van der Waals surface area contributed by atoms with Gasteiger partial charge in [0.1, 0.15) is 0 Å². The molecule has 0 radical (unpaired) electrons. The van der Waals surface area contributed by atoms with Crippen LogP contribution in [-0.4, -0.2) is 23.9 Å². The molecule has 0 unspecified atom stereocenters. The van der Waals surface area contributed by atoms with Gasteiger partial charge in [-0.05, 0) is 50.4 Å². The Labute approximate surface area is 110 Å². The molecule has 2 saturated carbocycles. The van der Waals surface area contributed by atoms with Gasteiger partial charge in [-0.15, -0.1) is 0 Å². The maximum Gasteiger partial charge on any atom is 0.222 e. The van der Waals surface area contributed by atoms with Crippen molar-refractivity contribution in [2.75, 3.05) is 7.05 Å². The minimum absolute atomic E-state index is 0.337. The summed E-state index contributed by atoms with van der Waals surface area (Å²) in [6.07, 6.45) is 9.63. The molecule has 2 rings (SSSR count). The predicted molar refractivity (Wildman–Crippen MR) is 70.7 cm³/mol. The molecule has 3 nitrogen and oxygen atoms in total. The first kappa shape index (κ1) is 13.4. The van der Waals surface area contributed by atoms with Crippen molar-refractivity contribution in [3.05, 3.63) is 0 Å². The summed E-state index contributed by atoms with van der Waals surface area (Å²) in [4.78, 5) is 14.1. The second-order valence-electron chi connectivity index (χ2n) is 6.04. The lowest BCUT2D eigenvalue weighted by atomic mass is 9.81. The fraction of sp³-hybridized carbons (Fsp3) is 0.867. The second-order valence-corrected chi connectivity index (χ2v) is 6.04. The number of nitriles is 1. The van der Waals surface area contributed by atoms with E-state index in [1.807, 2.05) is 11.9 Å². The van der Waals surface area contributed by atoms with Gasteiger partial charge < -0.3 is 4.90 Å². The van der Waals surface area contributed by atoms with Crippen molar-refractivity contribution in [2.24, 2.45) is 11.8 Å². The first-order valence-corrected chi connectivity index (χ1v) is 7.33. The van der Waals surface area contributed by atoms with Crippen LogP contribution in [0.5, 0.6) is 0 Å². The number of rotatable bonds is 4. The summed E-state index contributed by atoms with van der Waals surface area (Å²) in [5.41, 5.74) is 0. The summed E-state index contributed by atoms with van der Waals surface area (Å²) in [5, 5.41) is 8.70. The normalized spacial score (nSPS) is 28.2. The van der Waals surface area contributed by atoms with Gasteiger partial charge in [0, 0.05) is 25.9 Å². The molecule has 18 heavy (non-hydrogen) atoms. The lowest BCUT2D eigenvalue weighted by Gasteiger charge is -2.35. The average molecular weight is 248 g/mol. The maximum absolute atomic E-state index is 12.1. The van der Waals surface area contributed by atoms with Crippen LogP contribution < -0.4 is 0 Å². The first-order chi connectivity index (χ1) is 8.70. The first-order valence-electron chi connectivity index (χ1n) is 7.33. The zero-order chi connectivity index (χ0) is 13.0. The van der Waals surface area contributed by atoms with E-state index in [4.69, 9.17) is 5.26 Å². The summed E-state index contributed by atoms with van der Waals surface area (Å²) in [7, 11) is 1.97. The van der Waals surface area contributed by atoms with Gasteiger partial charge in [0.05, 0.1) is 6.07 Å². The Morgan fingerprint density at radius 3 is 2.33 bits per heavy atom. The molecule has 0 bridgehead atoms. The average Bonchev–Trinajstić information content (AvgIpc) is 2.34. The number of carbonyl (C=O) groups is 1. The molecule has 3 heteroatoms. The quantitative estimate of drug-likeness (QED) is 0.767. The molecular weight excluding hydrogens is 224 g/mol. The maximum atomic E-state index is 12.1. The number of amides is 1. The van der Waals surface area contributed by atoms with Crippen molar-refractivity contribution < 1.29 is 4.79 Å². The molecule has 2 aliphatic rings. The van der Waals surface area contributed by atoms with Gasteiger partial charge in [-0.2, -0.15) is 5.26 Å². The standard InChI is InChI=1S/C15H24N2O/c1-17(15(18)11-13-3-2-4-13)14-7-5-12(6-8-14)9-10-16/h12-14H,2-9,11H2,1H3. The molecule has 1 amide bonds. The number of carbonyl (C=O) groups excluding carboxylic acids is 1. The smallest absolute Gasteiger partial charge is 0.222 e. The molecule has 2 fully saturated rings. The third kappa shape index (κ3) is 3.25. The highest BCUT2D eigenvalue weighted by atomic mass is 16.2. The summed E-state index contributed by atoms with van der Waals surface area (Å²) in [6, 6.07) is 2.69. The molecule has 0 aliphatic heterocycles. The summed E-state index contributed by atoms with van der Waals surface area (Å²) in [6.45, 7) is 0. The molecule has 2 aliphatic carbocycles. The van der Waals surface area contributed by atoms with E-state index in [9.17, 15) is 4.79 Å². The lowest BCUT2D eigenvalue weighted by molar-refractivity contribution is -0.134. The van der Waals surface area contributed by atoms with Crippen LogP contribution in [0.3, 0.4) is 0 Å². The van der Waals surface area contributed by atoms with Crippen molar-refractivity contribution in [3.63, 3.8) is 0 Å². The molecule has 0 aromatic rings. The van der Waals surface area contributed by atoms with E-state index < -0.39 is 0 Å². The van der Waals surface area contributed by atoms with Crippen LogP contribution in [0.4, 0.5) is 0 Å². The van der Waals surface area contributed by atoms with Crippen molar-refractivity contribution in [1.82, 2.24) is 4.90 Å². The van der Waals surface area contributed by atoms with Gasteiger partial charge in [-0.3, -0.25) is 4.79 Å².